The van der Waals surface area contributed by atoms with Crippen molar-refractivity contribution in [1.29, 1.82) is 0 Å². The number of rotatable bonds is 7. The summed E-state index contributed by atoms with van der Waals surface area (Å²) in [7, 11) is 3.09. The predicted octanol–water partition coefficient (Wildman–Crippen LogP) is 6.48. The topological polar surface area (TPSA) is 48.0 Å². The second-order valence-electron chi connectivity index (χ2n) is 7.11. The van der Waals surface area contributed by atoms with E-state index < -0.39 is 5.82 Å². The van der Waals surface area contributed by atoms with Gasteiger partial charge in [-0.3, -0.25) is 9.69 Å². The van der Waals surface area contributed by atoms with E-state index in [2.05, 4.69) is 0 Å². The van der Waals surface area contributed by atoms with E-state index in [-0.39, 0.29) is 23.1 Å². The van der Waals surface area contributed by atoms with Gasteiger partial charge in [-0.2, -0.15) is 0 Å². The van der Waals surface area contributed by atoms with Gasteiger partial charge in [0.2, 0.25) is 0 Å². The van der Waals surface area contributed by atoms with Crippen LogP contribution in [0.15, 0.2) is 65.6 Å². The van der Waals surface area contributed by atoms with Crippen LogP contribution < -0.4 is 19.1 Å². The van der Waals surface area contributed by atoms with Gasteiger partial charge in [0.1, 0.15) is 18.2 Å². The molecule has 34 heavy (non-hydrogen) atoms. The second-order valence-corrected chi connectivity index (χ2v) is 9.20. The summed E-state index contributed by atoms with van der Waals surface area (Å²) in [5.74, 6) is 0.892. The first-order valence-electron chi connectivity index (χ1n) is 10.1. The van der Waals surface area contributed by atoms with Gasteiger partial charge in [-0.1, -0.05) is 47.7 Å². The van der Waals surface area contributed by atoms with E-state index in [9.17, 15) is 9.18 Å². The first-order chi connectivity index (χ1) is 16.4. The van der Waals surface area contributed by atoms with E-state index in [4.69, 9.17) is 38.0 Å². The minimum absolute atomic E-state index is 0.0538. The lowest BCUT2D eigenvalue weighted by Crippen LogP contribution is -2.27. The highest BCUT2D eigenvalue weighted by Gasteiger charge is 2.33. The molecular weight excluding hydrogens is 497 g/mol. The van der Waals surface area contributed by atoms with Crippen LogP contribution in [0, 0.1) is 5.82 Å². The third kappa shape index (κ3) is 5.04. The van der Waals surface area contributed by atoms with Crippen molar-refractivity contribution in [1.82, 2.24) is 0 Å². The van der Waals surface area contributed by atoms with Crippen molar-refractivity contribution in [2.24, 2.45) is 0 Å². The summed E-state index contributed by atoms with van der Waals surface area (Å²) < 4.78 is 30.8. The molecule has 1 aliphatic heterocycles. The van der Waals surface area contributed by atoms with Crippen LogP contribution in [0.2, 0.25) is 5.02 Å². The second kappa shape index (κ2) is 10.5. The number of benzene rings is 3. The molecule has 0 bridgehead atoms. The summed E-state index contributed by atoms with van der Waals surface area (Å²) in [6.07, 6.45) is 1.74. The molecule has 0 radical (unpaired) electrons. The maximum absolute atomic E-state index is 14.0. The fourth-order valence-corrected chi connectivity index (χ4v) is 4.80. The van der Waals surface area contributed by atoms with Crippen LogP contribution in [0.4, 0.5) is 10.1 Å². The highest BCUT2D eigenvalue weighted by Crippen LogP contribution is 2.38. The third-order valence-corrected chi connectivity index (χ3v) is 6.70. The van der Waals surface area contributed by atoms with Crippen LogP contribution in [0.1, 0.15) is 11.1 Å². The molecule has 0 aliphatic carbocycles. The summed E-state index contributed by atoms with van der Waals surface area (Å²) in [5.41, 5.74) is 1.65. The Labute approximate surface area is 211 Å². The first-order valence-corrected chi connectivity index (χ1v) is 11.7. The lowest BCUT2D eigenvalue weighted by molar-refractivity contribution is -0.113. The Morgan fingerprint density at radius 2 is 1.82 bits per heavy atom. The number of amides is 1. The summed E-state index contributed by atoms with van der Waals surface area (Å²) in [6, 6.07) is 16.8. The zero-order valence-corrected chi connectivity index (χ0v) is 20.6. The fourth-order valence-electron chi connectivity index (χ4n) is 3.29. The summed E-state index contributed by atoms with van der Waals surface area (Å²) in [6.45, 7) is -0.0538. The average molecular weight is 516 g/mol. The summed E-state index contributed by atoms with van der Waals surface area (Å²) >= 11 is 12.7. The van der Waals surface area contributed by atoms with Gasteiger partial charge >= 0.3 is 0 Å². The molecule has 0 N–H and O–H groups in total. The van der Waals surface area contributed by atoms with E-state index >= 15 is 0 Å². The van der Waals surface area contributed by atoms with E-state index in [0.717, 1.165) is 5.56 Å². The molecule has 0 aromatic heterocycles. The standard InChI is InChI=1S/C25H19ClFNO4S2/c1-30-17-9-7-16(8-10-17)28-24(29)23(34-25(28)33)13-15-6-11-21(22(12-15)31-2)32-14-18-19(26)4-3-5-20(18)27/h3-13H,14H2,1-2H3/b23-13+. The lowest BCUT2D eigenvalue weighted by atomic mass is 10.1. The molecule has 9 heteroatoms. The zero-order chi connectivity index (χ0) is 24.2. The molecule has 1 amide bonds. The van der Waals surface area contributed by atoms with Crippen molar-refractivity contribution in [3.05, 3.63) is 87.5 Å². The van der Waals surface area contributed by atoms with Crippen LogP contribution >= 0.6 is 35.6 Å². The van der Waals surface area contributed by atoms with E-state index in [1.807, 2.05) is 0 Å². The van der Waals surface area contributed by atoms with Crippen LogP contribution in [0.25, 0.3) is 6.08 Å². The molecule has 1 aliphatic rings. The molecule has 0 spiro atoms. The largest absolute Gasteiger partial charge is 0.497 e. The molecule has 1 fully saturated rings. The average Bonchev–Trinajstić information content (AvgIpc) is 3.11. The molecule has 3 aromatic rings. The maximum atomic E-state index is 14.0. The fraction of sp³-hybridized carbons (Fsp3) is 0.120. The third-order valence-electron chi connectivity index (χ3n) is 5.04. The van der Waals surface area contributed by atoms with Crippen molar-refractivity contribution >= 4 is 57.6 Å². The van der Waals surface area contributed by atoms with Gasteiger partial charge in [0, 0.05) is 5.56 Å². The van der Waals surface area contributed by atoms with Crippen LogP contribution in [-0.4, -0.2) is 24.4 Å². The SMILES string of the molecule is COc1ccc(N2C(=O)/C(=C\c3ccc(OCc4c(F)cccc4Cl)c(OC)c3)SC2=S)cc1. The Morgan fingerprint density at radius 1 is 1.06 bits per heavy atom. The summed E-state index contributed by atoms with van der Waals surface area (Å²) in [5, 5.41) is 0.287. The predicted molar refractivity (Wildman–Crippen MR) is 137 cm³/mol. The molecule has 4 rings (SSSR count). The molecule has 3 aromatic carbocycles. The Bertz CT molecular complexity index is 1260. The molecular formula is C25H19ClFNO4S2. The van der Waals surface area contributed by atoms with Crippen molar-refractivity contribution < 1.29 is 23.4 Å². The highest BCUT2D eigenvalue weighted by atomic mass is 35.5. The normalized spacial score (nSPS) is 14.6. The van der Waals surface area contributed by atoms with Crippen LogP contribution in [0.3, 0.4) is 0 Å². The number of methoxy groups -OCH3 is 2. The number of thiocarbonyl (C=S) groups is 1. The number of thioether (sulfide) groups is 1. The first kappa shape index (κ1) is 24.1. The maximum Gasteiger partial charge on any atom is 0.270 e. The minimum Gasteiger partial charge on any atom is -0.497 e. The van der Waals surface area contributed by atoms with Gasteiger partial charge in [0.15, 0.2) is 15.8 Å². The van der Waals surface area contributed by atoms with E-state index in [0.29, 0.717) is 32.2 Å². The van der Waals surface area contributed by atoms with Gasteiger partial charge in [-0.25, -0.2) is 4.39 Å². The Kier molecular flexibility index (Phi) is 7.41. The minimum atomic E-state index is -0.443. The molecule has 0 atom stereocenters. The number of nitrogens with zero attached hydrogens (tertiary/aromatic N) is 1. The monoisotopic (exact) mass is 515 g/mol. The Morgan fingerprint density at radius 3 is 2.50 bits per heavy atom. The van der Waals surface area contributed by atoms with Gasteiger partial charge in [0.25, 0.3) is 5.91 Å². The number of ether oxygens (including phenoxy) is 3. The molecule has 1 saturated heterocycles. The van der Waals surface area contributed by atoms with Gasteiger partial charge in [-0.15, -0.1) is 0 Å². The summed E-state index contributed by atoms with van der Waals surface area (Å²) in [4.78, 5) is 15.0. The molecule has 0 saturated carbocycles. The van der Waals surface area contributed by atoms with Crippen molar-refractivity contribution in [2.75, 3.05) is 19.1 Å². The molecule has 0 unspecified atom stereocenters. The van der Waals surface area contributed by atoms with Crippen molar-refractivity contribution in [2.45, 2.75) is 6.61 Å². The molecule has 5 nitrogen and oxygen atoms in total. The Hall–Kier alpha value is -3.07. The number of halogens is 2. The molecule has 1 heterocycles. The van der Waals surface area contributed by atoms with E-state index in [1.54, 1.807) is 61.7 Å². The number of carbonyl (C=O) groups is 1. The van der Waals surface area contributed by atoms with Gasteiger partial charge < -0.3 is 14.2 Å². The number of hydrogen-bond acceptors (Lipinski definition) is 6. The van der Waals surface area contributed by atoms with Gasteiger partial charge in [-0.05, 0) is 60.2 Å². The van der Waals surface area contributed by atoms with Crippen LogP contribution in [-0.2, 0) is 11.4 Å². The lowest BCUT2D eigenvalue weighted by Gasteiger charge is -2.14. The smallest absolute Gasteiger partial charge is 0.270 e. The van der Waals surface area contributed by atoms with Crippen molar-refractivity contribution in [3.8, 4) is 17.2 Å². The number of carbonyl (C=O) groups excluding carboxylic acids is 1. The number of hydrogen-bond donors (Lipinski definition) is 0. The van der Waals surface area contributed by atoms with Crippen LogP contribution in [0.5, 0.6) is 17.2 Å². The van der Waals surface area contributed by atoms with E-state index in [1.165, 1.54) is 35.9 Å². The Balaban J connectivity index is 1.53. The van der Waals surface area contributed by atoms with Gasteiger partial charge in [0.05, 0.1) is 29.8 Å². The highest BCUT2D eigenvalue weighted by molar-refractivity contribution is 8.27. The van der Waals surface area contributed by atoms with Crippen molar-refractivity contribution in [3.63, 3.8) is 0 Å². The quantitative estimate of drug-likeness (QED) is 0.265. The molecule has 174 valence electrons. The number of anilines is 1. The zero-order valence-electron chi connectivity index (χ0n) is 18.2.